The van der Waals surface area contributed by atoms with Crippen molar-refractivity contribution >= 4 is 11.5 Å². The van der Waals surface area contributed by atoms with Crippen molar-refractivity contribution in [2.24, 2.45) is 5.92 Å². The van der Waals surface area contributed by atoms with Crippen LogP contribution < -0.4 is 9.47 Å². The van der Waals surface area contributed by atoms with E-state index < -0.39 is 4.92 Å². The summed E-state index contributed by atoms with van der Waals surface area (Å²) in [5, 5.41) is 10.7. The third-order valence-corrected chi connectivity index (χ3v) is 5.59. The van der Waals surface area contributed by atoms with Crippen molar-refractivity contribution in [3.8, 4) is 11.5 Å². The van der Waals surface area contributed by atoms with Gasteiger partial charge in [0.25, 0.3) is 5.69 Å². The molecule has 2 aliphatic rings. The highest BCUT2D eigenvalue weighted by Crippen LogP contribution is 2.35. The number of hydrogen-bond acceptors (Lipinski definition) is 7. The molecule has 8 heteroatoms. The summed E-state index contributed by atoms with van der Waals surface area (Å²) in [4.78, 5) is 23.2. The van der Waals surface area contributed by atoms with Crippen molar-refractivity contribution in [2.75, 3.05) is 7.11 Å². The topological polar surface area (TPSA) is 97.1 Å². The largest absolute Gasteiger partial charge is 0.497 e. The number of methoxy groups -OCH3 is 1. The van der Waals surface area contributed by atoms with E-state index in [0.29, 0.717) is 30.9 Å². The van der Waals surface area contributed by atoms with Crippen LogP contribution in [0.3, 0.4) is 0 Å². The van der Waals surface area contributed by atoms with Gasteiger partial charge in [-0.1, -0.05) is 0 Å². The molecule has 1 heterocycles. The summed E-state index contributed by atoms with van der Waals surface area (Å²) in [6.07, 6.45) is 3.10. The van der Waals surface area contributed by atoms with Gasteiger partial charge in [-0.05, 0) is 54.8 Å². The number of nitro benzene ring substituents is 1. The van der Waals surface area contributed by atoms with E-state index in [9.17, 15) is 14.9 Å². The summed E-state index contributed by atoms with van der Waals surface area (Å²) in [7, 11) is 1.59. The number of non-ortho nitro benzene ring substituents is 1. The summed E-state index contributed by atoms with van der Waals surface area (Å²) in [6, 6.07) is 13.3. The fourth-order valence-electron chi connectivity index (χ4n) is 3.86. The molecule has 1 aliphatic heterocycles. The van der Waals surface area contributed by atoms with E-state index in [1.807, 2.05) is 0 Å². The molecule has 1 fully saturated rings. The number of rotatable bonds is 7. The van der Waals surface area contributed by atoms with Gasteiger partial charge in [0.05, 0.1) is 30.7 Å². The number of ketones is 1. The Balaban J connectivity index is 1.32. The van der Waals surface area contributed by atoms with Gasteiger partial charge >= 0.3 is 0 Å². The van der Waals surface area contributed by atoms with Gasteiger partial charge in [-0.2, -0.15) is 0 Å². The van der Waals surface area contributed by atoms with Crippen LogP contribution in [0.4, 0.5) is 5.69 Å². The van der Waals surface area contributed by atoms with E-state index in [1.54, 1.807) is 43.5 Å². The molecule has 0 amide bonds. The molecule has 1 aliphatic carbocycles. The van der Waals surface area contributed by atoms with Gasteiger partial charge in [0, 0.05) is 18.6 Å². The van der Waals surface area contributed by atoms with E-state index in [4.69, 9.17) is 18.9 Å². The molecule has 0 N–H and O–H groups in total. The predicted molar refractivity (Wildman–Crippen MR) is 111 cm³/mol. The number of Topliss-reactive ketones (excluding diaryl/α,β-unsaturated/α-hetero) is 1. The van der Waals surface area contributed by atoms with Crippen molar-refractivity contribution < 1.29 is 28.7 Å². The Morgan fingerprint density at radius 1 is 1.06 bits per heavy atom. The minimum Gasteiger partial charge on any atom is -0.497 e. The molecule has 0 spiro atoms. The van der Waals surface area contributed by atoms with Crippen LogP contribution in [0.25, 0.3) is 0 Å². The Kier molecular flexibility index (Phi) is 6.18. The summed E-state index contributed by atoms with van der Waals surface area (Å²) >= 11 is 0. The number of carbonyl (C=O) groups is 1. The lowest BCUT2D eigenvalue weighted by Gasteiger charge is -2.37. The highest BCUT2D eigenvalue weighted by molar-refractivity contribution is 5.96. The van der Waals surface area contributed by atoms with Crippen LogP contribution in [-0.4, -0.2) is 30.0 Å². The Morgan fingerprint density at radius 3 is 2.45 bits per heavy atom. The van der Waals surface area contributed by atoms with Gasteiger partial charge in [0.15, 0.2) is 0 Å². The monoisotopic (exact) mass is 425 g/mol. The number of ether oxygens (including phenoxy) is 4. The zero-order valence-corrected chi connectivity index (χ0v) is 17.1. The minimum absolute atomic E-state index is 0.0401. The van der Waals surface area contributed by atoms with Crippen molar-refractivity contribution in [1.82, 2.24) is 0 Å². The molecule has 2 aromatic carbocycles. The number of carbonyl (C=O) groups excluding carboxylic acids is 1. The Bertz CT molecular complexity index is 968. The molecule has 31 heavy (non-hydrogen) atoms. The fourth-order valence-corrected chi connectivity index (χ4v) is 3.86. The van der Waals surface area contributed by atoms with Crippen molar-refractivity contribution in [2.45, 2.75) is 38.1 Å². The first-order chi connectivity index (χ1) is 15.0. The molecule has 0 bridgehead atoms. The lowest BCUT2D eigenvalue weighted by Crippen LogP contribution is -2.42. The fraction of sp³-hybridized carbons (Fsp3) is 0.348. The van der Waals surface area contributed by atoms with Gasteiger partial charge in [-0.3, -0.25) is 14.9 Å². The first kappa shape index (κ1) is 20.9. The number of nitro groups is 1. The van der Waals surface area contributed by atoms with E-state index in [-0.39, 0.29) is 35.4 Å². The Morgan fingerprint density at radius 2 is 1.77 bits per heavy atom. The molecule has 2 aromatic rings. The van der Waals surface area contributed by atoms with Crippen LogP contribution in [0.1, 0.15) is 24.8 Å². The normalized spacial score (nSPS) is 22.7. The molecular weight excluding hydrogens is 402 g/mol. The first-order valence-corrected chi connectivity index (χ1v) is 10.1. The van der Waals surface area contributed by atoms with Gasteiger partial charge in [0.1, 0.15) is 23.9 Å². The van der Waals surface area contributed by atoms with Crippen LogP contribution >= 0.6 is 0 Å². The number of nitrogens with zero attached hydrogens (tertiary/aromatic N) is 1. The Hall–Kier alpha value is -3.39. The molecule has 8 nitrogen and oxygen atoms in total. The van der Waals surface area contributed by atoms with E-state index in [0.717, 1.165) is 12.0 Å². The standard InChI is InChI=1S/C23H23NO7/c1-28-17-6-8-18(9-7-17)31-22-14-30-21-12-19(10-11-20(21)23(22)25)29-13-15-2-4-16(5-3-15)24(26)27/h2-9,14,19-21H,10-13H2,1H3. The molecule has 0 radical (unpaired) electrons. The number of fused-ring (bicyclic) bond motifs is 1. The lowest BCUT2D eigenvalue weighted by atomic mass is 9.80. The van der Waals surface area contributed by atoms with Crippen LogP contribution in [-0.2, 0) is 20.9 Å². The molecule has 4 rings (SSSR count). The maximum Gasteiger partial charge on any atom is 0.269 e. The summed E-state index contributed by atoms with van der Waals surface area (Å²) in [6.45, 7) is 0.357. The Labute approximate surface area is 179 Å². The molecule has 3 unspecified atom stereocenters. The maximum absolute atomic E-state index is 12.9. The number of hydrogen-bond donors (Lipinski definition) is 0. The highest BCUT2D eigenvalue weighted by atomic mass is 16.6. The van der Waals surface area contributed by atoms with Gasteiger partial charge in [-0.15, -0.1) is 0 Å². The molecular formula is C23H23NO7. The summed E-state index contributed by atoms with van der Waals surface area (Å²) < 4.78 is 22.6. The van der Waals surface area contributed by atoms with E-state index >= 15 is 0 Å². The van der Waals surface area contributed by atoms with E-state index in [1.165, 1.54) is 18.4 Å². The quantitative estimate of drug-likeness (QED) is 0.485. The molecule has 1 saturated carbocycles. The van der Waals surface area contributed by atoms with Crippen molar-refractivity contribution in [3.05, 3.63) is 76.2 Å². The second-order valence-electron chi connectivity index (χ2n) is 7.57. The predicted octanol–water partition coefficient (Wildman–Crippen LogP) is 4.18. The van der Waals surface area contributed by atoms with Gasteiger partial charge in [-0.25, -0.2) is 0 Å². The van der Waals surface area contributed by atoms with E-state index in [2.05, 4.69) is 0 Å². The van der Waals surface area contributed by atoms with Gasteiger partial charge < -0.3 is 18.9 Å². The van der Waals surface area contributed by atoms with Crippen molar-refractivity contribution in [1.29, 1.82) is 0 Å². The minimum atomic E-state index is -0.427. The average Bonchev–Trinajstić information content (AvgIpc) is 2.80. The zero-order valence-electron chi connectivity index (χ0n) is 17.1. The maximum atomic E-state index is 12.9. The van der Waals surface area contributed by atoms with Gasteiger partial charge in [0.2, 0.25) is 11.5 Å². The summed E-state index contributed by atoms with van der Waals surface area (Å²) in [5.41, 5.74) is 0.918. The van der Waals surface area contributed by atoms with Crippen molar-refractivity contribution in [3.63, 3.8) is 0 Å². The molecule has 0 aromatic heterocycles. The second kappa shape index (κ2) is 9.18. The smallest absolute Gasteiger partial charge is 0.269 e. The lowest BCUT2D eigenvalue weighted by molar-refractivity contribution is -0.384. The third kappa shape index (κ3) is 4.86. The SMILES string of the molecule is COc1ccc(OC2=COC3CC(OCc4ccc([N+](=O)[O-])cc4)CCC3C2=O)cc1. The van der Waals surface area contributed by atoms with Crippen LogP contribution in [0.2, 0.25) is 0 Å². The van der Waals surface area contributed by atoms with Crippen LogP contribution in [0.15, 0.2) is 60.6 Å². The summed E-state index contributed by atoms with van der Waals surface area (Å²) in [5.74, 6) is 1.15. The molecule has 3 atom stereocenters. The molecule has 0 saturated heterocycles. The number of allylic oxidation sites excluding steroid dienone is 1. The zero-order chi connectivity index (χ0) is 21.8. The number of benzene rings is 2. The first-order valence-electron chi connectivity index (χ1n) is 10.1. The third-order valence-electron chi connectivity index (χ3n) is 5.59. The van der Waals surface area contributed by atoms with Crippen LogP contribution in [0, 0.1) is 16.0 Å². The molecule has 162 valence electrons. The average molecular weight is 425 g/mol. The van der Waals surface area contributed by atoms with Crippen LogP contribution in [0.5, 0.6) is 11.5 Å². The second-order valence-corrected chi connectivity index (χ2v) is 7.57. The highest BCUT2D eigenvalue weighted by Gasteiger charge is 2.41.